The zero-order valence-corrected chi connectivity index (χ0v) is 16.0. The molecular weight excluding hydrogens is 314 g/mol. The summed E-state index contributed by atoms with van der Waals surface area (Å²) in [5.41, 5.74) is 9.98. The number of nitrogens with one attached hydrogen (secondary N) is 1. The Morgan fingerprint density at radius 1 is 0.760 bits per heavy atom. The fourth-order valence-corrected chi connectivity index (χ4v) is 1.56. The average molecular weight is 364 g/mol. The quantitative estimate of drug-likeness (QED) is 0.461. The Labute approximate surface area is 158 Å². The van der Waals surface area contributed by atoms with Crippen LogP contribution in [0.25, 0.3) is 0 Å². The Morgan fingerprint density at radius 3 is 1.52 bits per heavy atom. The maximum Gasteiger partial charge on any atom is 0.219 e. The molecule has 2 amide bonds. The Balaban J connectivity index is -0.0000000827. The second kappa shape index (κ2) is 34.3. The van der Waals surface area contributed by atoms with Crippen molar-refractivity contribution in [3.63, 3.8) is 0 Å². The van der Waals surface area contributed by atoms with Crippen LogP contribution >= 0.6 is 0 Å². The molecule has 0 saturated heterocycles. The lowest BCUT2D eigenvalue weighted by Crippen LogP contribution is -2.23. The maximum atomic E-state index is 10.9. The number of hydrogen-bond acceptors (Lipinski definition) is 3. The summed E-state index contributed by atoms with van der Waals surface area (Å²) in [6, 6.07) is 0. The molecule has 0 saturated carbocycles. The second-order valence-corrected chi connectivity index (χ2v) is 5.52. The van der Waals surface area contributed by atoms with E-state index in [4.69, 9.17) is 11.5 Å². The van der Waals surface area contributed by atoms with Crippen molar-refractivity contribution in [1.29, 1.82) is 0 Å². The molecule has 0 atom stereocenters. The SMILES string of the molecule is C.C.CCCC(N)=O.CCCCCN.CCCCCNC(=O)CCC. The van der Waals surface area contributed by atoms with E-state index in [0.717, 1.165) is 32.4 Å². The fourth-order valence-electron chi connectivity index (χ4n) is 1.56. The first-order valence-corrected chi connectivity index (χ1v) is 9.24. The van der Waals surface area contributed by atoms with Gasteiger partial charge in [-0.2, -0.15) is 0 Å². The van der Waals surface area contributed by atoms with Crippen LogP contribution < -0.4 is 16.8 Å². The van der Waals surface area contributed by atoms with Crippen LogP contribution in [-0.4, -0.2) is 24.9 Å². The van der Waals surface area contributed by atoms with Crippen molar-refractivity contribution in [2.24, 2.45) is 11.5 Å². The van der Waals surface area contributed by atoms with Crippen molar-refractivity contribution in [1.82, 2.24) is 5.32 Å². The third kappa shape index (κ3) is 51.8. The monoisotopic (exact) mass is 363 g/mol. The van der Waals surface area contributed by atoms with Gasteiger partial charge in [0.1, 0.15) is 0 Å². The minimum absolute atomic E-state index is 0. The van der Waals surface area contributed by atoms with Crippen molar-refractivity contribution in [3.8, 4) is 0 Å². The number of carbonyl (C=O) groups is 2. The molecule has 25 heavy (non-hydrogen) atoms. The van der Waals surface area contributed by atoms with Gasteiger partial charge in [0.15, 0.2) is 0 Å². The highest BCUT2D eigenvalue weighted by atomic mass is 16.1. The zero-order chi connectivity index (χ0) is 18.3. The van der Waals surface area contributed by atoms with Gasteiger partial charge in [-0.05, 0) is 32.2 Å². The molecule has 0 rings (SSSR count). The minimum atomic E-state index is -0.211. The van der Waals surface area contributed by atoms with Crippen LogP contribution in [0.15, 0.2) is 0 Å². The Kier molecular flexibility index (Phi) is 48.1. The van der Waals surface area contributed by atoms with Gasteiger partial charge in [0.25, 0.3) is 0 Å². The van der Waals surface area contributed by atoms with Crippen LogP contribution in [0.1, 0.15) is 107 Å². The largest absolute Gasteiger partial charge is 0.370 e. The lowest BCUT2D eigenvalue weighted by molar-refractivity contribution is -0.121. The molecule has 156 valence electrons. The second-order valence-electron chi connectivity index (χ2n) is 5.52. The van der Waals surface area contributed by atoms with Crippen molar-refractivity contribution in [3.05, 3.63) is 0 Å². The number of amides is 2. The standard InChI is InChI=1S/C9H19NO.C5H13N.C4H9NO.2CH4/c1-3-5-6-8-10-9(11)7-4-2;1-2-3-4-5-6;1-2-3-4(5)6;;/h3-8H2,1-2H3,(H,10,11);2-6H2,1H3;2-3H2,1H3,(H2,5,6);2*1H4. The van der Waals surface area contributed by atoms with E-state index in [0.29, 0.717) is 12.8 Å². The highest BCUT2D eigenvalue weighted by Crippen LogP contribution is 1.92. The third-order valence-electron chi connectivity index (χ3n) is 2.88. The maximum absolute atomic E-state index is 10.9. The number of hydrogen-bond donors (Lipinski definition) is 3. The number of rotatable bonds is 11. The van der Waals surface area contributed by atoms with Crippen molar-refractivity contribution >= 4 is 11.8 Å². The van der Waals surface area contributed by atoms with Crippen molar-refractivity contribution < 1.29 is 9.59 Å². The molecule has 0 aromatic rings. The summed E-state index contributed by atoms with van der Waals surface area (Å²) >= 11 is 0. The summed E-state index contributed by atoms with van der Waals surface area (Å²) in [5, 5.41) is 2.88. The van der Waals surface area contributed by atoms with Gasteiger partial charge < -0.3 is 16.8 Å². The van der Waals surface area contributed by atoms with Gasteiger partial charge in [-0.1, -0.05) is 68.2 Å². The van der Waals surface area contributed by atoms with E-state index in [1.165, 1.54) is 32.1 Å². The predicted molar refractivity (Wildman–Crippen MR) is 114 cm³/mol. The summed E-state index contributed by atoms with van der Waals surface area (Å²) < 4.78 is 0. The number of primary amides is 1. The van der Waals surface area contributed by atoms with Gasteiger partial charge >= 0.3 is 0 Å². The predicted octanol–water partition coefficient (Wildman–Crippen LogP) is 4.77. The molecule has 0 radical (unpaired) electrons. The molecule has 0 fully saturated rings. The molecular formula is C20H49N3O2. The van der Waals surface area contributed by atoms with Crippen molar-refractivity contribution in [2.75, 3.05) is 13.1 Å². The molecule has 0 unspecified atom stereocenters. The first kappa shape index (κ1) is 35.1. The number of nitrogens with two attached hydrogens (primary N) is 2. The van der Waals surface area contributed by atoms with Gasteiger partial charge in [-0.25, -0.2) is 0 Å². The minimum Gasteiger partial charge on any atom is -0.370 e. The highest BCUT2D eigenvalue weighted by molar-refractivity contribution is 5.75. The van der Waals surface area contributed by atoms with Crippen LogP contribution in [0.3, 0.4) is 0 Å². The lowest BCUT2D eigenvalue weighted by atomic mass is 10.2. The topological polar surface area (TPSA) is 98.2 Å². The van der Waals surface area contributed by atoms with Crippen LogP contribution in [-0.2, 0) is 9.59 Å². The van der Waals surface area contributed by atoms with Gasteiger partial charge in [0.05, 0.1) is 0 Å². The van der Waals surface area contributed by atoms with Crippen LogP contribution in [0.5, 0.6) is 0 Å². The van der Waals surface area contributed by atoms with E-state index in [9.17, 15) is 9.59 Å². The molecule has 0 bridgehead atoms. The lowest BCUT2D eigenvalue weighted by Gasteiger charge is -2.02. The molecule has 0 heterocycles. The summed E-state index contributed by atoms with van der Waals surface area (Å²) in [7, 11) is 0. The van der Waals surface area contributed by atoms with E-state index in [-0.39, 0.29) is 26.7 Å². The van der Waals surface area contributed by atoms with E-state index in [2.05, 4.69) is 19.2 Å². The van der Waals surface area contributed by atoms with Gasteiger partial charge in [0, 0.05) is 19.4 Å². The molecule has 0 spiro atoms. The summed E-state index contributed by atoms with van der Waals surface area (Å²) in [5.74, 6) is -0.0129. The first-order chi connectivity index (χ1) is 11.0. The van der Waals surface area contributed by atoms with Gasteiger partial charge in [-0.3, -0.25) is 9.59 Å². The van der Waals surface area contributed by atoms with E-state index < -0.39 is 0 Å². The number of unbranched alkanes of at least 4 members (excludes halogenated alkanes) is 4. The van der Waals surface area contributed by atoms with E-state index >= 15 is 0 Å². The average Bonchev–Trinajstić information content (AvgIpc) is 2.51. The summed E-state index contributed by atoms with van der Waals surface area (Å²) in [6.45, 7) is 9.99. The van der Waals surface area contributed by atoms with E-state index in [1.54, 1.807) is 0 Å². The Bertz CT molecular complexity index is 243. The molecule has 5 nitrogen and oxygen atoms in total. The molecule has 5 N–H and O–H groups in total. The van der Waals surface area contributed by atoms with Crippen LogP contribution in [0, 0.1) is 0 Å². The first-order valence-electron chi connectivity index (χ1n) is 9.24. The fraction of sp³-hybridized carbons (Fsp3) is 0.900. The summed E-state index contributed by atoms with van der Waals surface area (Å²) in [6.07, 6.45) is 10.3. The molecule has 5 heteroatoms. The van der Waals surface area contributed by atoms with Crippen LogP contribution in [0.2, 0.25) is 0 Å². The van der Waals surface area contributed by atoms with Gasteiger partial charge in [-0.15, -0.1) is 0 Å². The molecule has 0 aromatic heterocycles. The van der Waals surface area contributed by atoms with Crippen LogP contribution in [0.4, 0.5) is 0 Å². The van der Waals surface area contributed by atoms with E-state index in [1.807, 2.05) is 13.8 Å². The smallest absolute Gasteiger partial charge is 0.219 e. The normalized spacial score (nSPS) is 8.36. The van der Waals surface area contributed by atoms with Crippen molar-refractivity contribution in [2.45, 2.75) is 107 Å². The zero-order valence-electron chi connectivity index (χ0n) is 16.0. The summed E-state index contributed by atoms with van der Waals surface area (Å²) in [4.78, 5) is 20.7. The molecule has 0 aliphatic rings. The third-order valence-corrected chi connectivity index (χ3v) is 2.88. The molecule has 0 aliphatic carbocycles. The Hall–Kier alpha value is -1.10. The molecule has 0 aromatic carbocycles. The number of carbonyl (C=O) groups excluding carboxylic acids is 2. The molecule has 0 aliphatic heterocycles. The van der Waals surface area contributed by atoms with Gasteiger partial charge in [0.2, 0.25) is 11.8 Å². The highest BCUT2D eigenvalue weighted by Gasteiger charge is 1.95. The Morgan fingerprint density at radius 2 is 1.24 bits per heavy atom.